The molecule has 0 saturated heterocycles. The number of carboxylic acid groups (broad SMARTS) is 1. The molecule has 0 unspecified atom stereocenters. The van der Waals surface area contributed by atoms with Crippen LogP contribution in [0.4, 0.5) is 0 Å². The third-order valence-electron chi connectivity index (χ3n) is 2.82. The lowest BCUT2D eigenvalue weighted by Crippen LogP contribution is -2.27. The highest BCUT2D eigenvalue weighted by Crippen LogP contribution is 2.19. The largest absolute Gasteiger partial charge is 0.481 e. The zero-order chi connectivity index (χ0) is 13.2. The molecule has 0 radical (unpaired) electrons. The number of aryl methyl sites for hydroxylation is 1. The van der Waals surface area contributed by atoms with Crippen LogP contribution in [-0.4, -0.2) is 35.6 Å². The van der Waals surface area contributed by atoms with Gasteiger partial charge in [0, 0.05) is 25.9 Å². The van der Waals surface area contributed by atoms with E-state index in [1.165, 1.54) is 6.20 Å². The number of aromatic nitrogens is 2. The van der Waals surface area contributed by atoms with E-state index in [0.29, 0.717) is 6.54 Å². The maximum absolute atomic E-state index is 12.0. The fourth-order valence-corrected chi connectivity index (χ4v) is 3.20. The van der Waals surface area contributed by atoms with Gasteiger partial charge >= 0.3 is 5.97 Å². The van der Waals surface area contributed by atoms with Crippen molar-refractivity contribution in [1.29, 1.82) is 0 Å². The van der Waals surface area contributed by atoms with Crippen molar-refractivity contribution < 1.29 is 18.3 Å². The van der Waals surface area contributed by atoms with Gasteiger partial charge < -0.3 is 9.67 Å². The van der Waals surface area contributed by atoms with Crippen molar-refractivity contribution in [2.24, 2.45) is 0 Å². The van der Waals surface area contributed by atoms with Crippen LogP contribution in [0.5, 0.6) is 0 Å². The second-order valence-corrected chi connectivity index (χ2v) is 5.88. The second-order valence-electron chi connectivity index (χ2n) is 4.16. The summed E-state index contributed by atoms with van der Waals surface area (Å²) in [6.07, 6.45) is 3.29. The first kappa shape index (κ1) is 13.0. The molecule has 0 atom stereocenters. The monoisotopic (exact) mass is 273 g/mol. The summed E-state index contributed by atoms with van der Waals surface area (Å²) in [6.45, 7) is 0.788. The number of hydrogen-bond donors (Lipinski definition) is 2. The molecule has 18 heavy (non-hydrogen) atoms. The highest BCUT2D eigenvalue weighted by Gasteiger charge is 2.24. The van der Waals surface area contributed by atoms with Gasteiger partial charge in [0.1, 0.15) is 5.82 Å². The van der Waals surface area contributed by atoms with Gasteiger partial charge in [0.25, 0.3) is 10.0 Å². The molecule has 2 rings (SSSR count). The minimum absolute atomic E-state index is 0.0486. The molecule has 1 aliphatic rings. The number of fused-ring (bicyclic) bond motifs is 1. The summed E-state index contributed by atoms with van der Waals surface area (Å²) < 4.78 is 28.0. The topological polar surface area (TPSA) is 101 Å². The number of sulfonamides is 1. The molecule has 1 aliphatic heterocycles. The number of hydrogen-bond acceptors (Lipinski definition) is 4. The SMILES string of the molecule is O=C(O)CCCNS(=O)(=O)c1cnc2n1CCC2. The average Bonchev–Trinajstić information content (AvgIpc) is 2.85. The van der Waals surface area contributed by atoms with E-state index in [-0.39, 0.29) is 24.4 Å². The van der Waals surface area contributed by atoms with Crippen LogP contribution >= 0.6 is 0 Å². The van der Waals surface area contributed by atoms with E-state index in [0.717, 1.165) is 18.7 Å². The molecule has 1 aromatic rings. The smallest absolute Gasteiger partial charge is 0.303 e. The lowest BCUT2D eigenvalue weighted by molar-refractivity contribution is -0.137. The summed E-state index contributed by atoms with van der Waals surface area (Å²) in [5.74, 6) is -0.139. The van der Waals surface area contributed by atoms with Gasteiger partial charge in [-0.3, -0.25) is 4.79 Å². The van der Waals surface area contributed by atoms with Gasteiger partial charge in [-0.15, -0.1) is 0 Å². The van der Waals surface area contributed by atoms with Crippen LogP contribution in [0.2, 0.25) is 0 Å². The summed E-state index contributed by atoms with van der Waals surface area (Å²) in [7, 11) is -3.58. The molecule has 0 bridgehead atoms. The molecule has 2 heterocycles. The molecule has 0 aliphatic carbocycles. The quantitative estimate of drug-likeness (QED) is 0.709. The number of carbonyl (C=O) groups is 1. The van der Waals surface area contributed by atoms with E-state index in [1.807, 2.05) is 0 Å². The summed E-state index contributed by atoms with van der Waals surface area (Å²) in [4.78, 5) is 14.4. The zero-order valence-corrected chi connectivity index (χ0v) is 10.6. The maximum Gasteiger partial charge on any atom is 0.303 e. The van der Waals surface area contributed by atoms with Crippen LogP contribution in [0.25, 0.3) is 0 Å². The Morgan fingerprint density at radius 1 is 1.56 bits per heavy atom. The van der Waals surface area contributed by atoms with E-state index < -0.39 is 16.0 Å². The first-order chi connectivity index (χ1) is 8.50. The highest BCUT2D eigenvalue weighted by molar-refractivity contribution is 7.89. The normalized spacial score (nSPS) is 14.7. The van der Waals surface area contributed by atoms with Crippen molar-refractivity contribution in [3.05, 3.63) is 12.0 Å². The fraction of sp³-hybridized carbons (Fsp3) is 0.600. The van der Waals surface area contributed by atoms with Crippen LogP contribution in [0, 0.1) is 0 Å². The number of nitrogens with one attached hydrogen (secondary N) is 1. The van der Waals surface area contributed by atoms with E-state index in [1.54, 1.807) is 4.57 Å². The molecular weight excluding hydrogens is 258 g/mol. The van der Waals surface area contributed by atoms with E-state index in [9.17, 15) is 13.2 Å². The minimum atomic E-state index is -3.58. The van der Waals surface area contributed by atoms with Crippen LogP contribution < -0.4 is 4.72 Å². The van der Waals surface area contributed by atoms with Crippen LogP contribution in [0.3, 0.4) is 0 Å². The second kappa shape index (κ2) is 5.07. The molecule has 2 N–H and O–H groups in total. The number of carboxylic acids is 1. The summed E-state index contributed by atoms with van der Waals surface area (Å²) in [5.41, 5.74) is 0. The molecule has 1 aromatic heterocycles. The van der Waals surface area contributed by atoms with Crippen molar-refractivity contribution in [2.75, 3.05) is 6.54 Å². The van der Waals surface area contributed by atoms with Crippen LogP contribution in [-0.2, 0) is 27.8 Å². The summed E-state index contributed by atoms with van der Waals surface area (Å²) >= 11 is 0. The highest BCUT2D eigenvalue weighted by atomic mass is 32.2. The Labute approximate surface area is 105 Å². The van der Waals surface area contributed by atoms with E-state index >= 15 is 0 Å². The lowest BCUT2D eigenvalue weighted by atomic mass is 10.3. The maximum atomic E-state index is 12.0. The van der Waals surface area contributed by atoms with Gasteiger partial charge in [-0.05, 0) is 12.8 Å². The van der Waals surface area contributed by atoms with Crippen molar-refractivity contribution in [3.63, 3.8) is 0 Å². The van der Waals surface area contributed by atoms with Crippen LogP contribution in [0.15, 0.2) is 11.2 Å². The standard InChI is InChI=1S/C10H15N3O4S/c14-10(15)4-1-5-12-18(16,17)9-7-11-8-3-2-6-13(8)9/h7,12H,1-6H2,(H,14,15). The Morgan fingerprint density at radius 2 is 2.33 bits per heavy atom. The molecule has 0 aromatic carbocycles. The van der Waals surface area contributed by atoms with Gasteiger partial charge in [-0.2, -0.15) is 0 Å². The number of nitrogens with zero attached hydrogens (tertiary/aromatic N) is 2. The molecule has 0 amide bonds. The Hall–Kier alpha value is -1.41. The van der Waals surface area contributed by atoms with E-state index in [2.05, 4.69) is 9.71 Å². The van der Waals surface area contributed by atoms with Gasteiger partial charge in [-0.25, -0.2) is 18.1 Å². The number of rotatable bonds is 6. The third kappa shape index (κ3) is 2.70. The van der Waals surface area contributed by atoms with Gasteiger partial charge in [-0.1, -0.05) is 0 Å². The molecule has 0 saturated carbocycles. The zero-order valence-electron chi connectivity index (χ0n) is 9.79. The van der Waals surface area contributed by atoms with Gasteiger partial charge in [0.15, 0.2) is 5.03 Å². The predicted octanol–water partition coefficient (Wildman–Crippen LogP) is -0.0276. The first-order valence-corrected chi connectivity index (χ1v) is 7.25. The number of imidazole rings is 1. The van der Waals surface area contributed by atoms with Gasteiger partial charge in [0.05, 0.1) is 6.20 Å². The predicted molar refractivity (Wildman–Crippen MR) is 62.6 cm³/mol. The first-order valence-electron chi connectivity index (χ1n) is 5.76. The number of aliphatic carboxylic acids is 1. The Kier molecular flexibility index (Phi) is 3.67. The summed E-state index contributed by atoms with van der Waals surface area (Å²) in [5, 5.41) is 8.63. The molecule has 0 fully saturated rings. The minimum Gasteiger partial charge on any atom is -0.481 e. The van der Waals surface area contributed by atoms with Crippen molar-refractivity contribution in [2.45, 2.75) is 37.3 Å². The Morgan fingerprint density at radius 3 is 3.06 bits per heavy atom. The molecule has 0 spiro atoms. The van der Waals surface area contributed by atoms with Crippen molar-refractivity contribution in [3.8, 4) is 0 Å². The molecule has 100 valence electrons. The molecular formula is C10H15N3O4S. The van der Waals surface area contributed by atoms with Gasteiger partial charge in [0.2, 0.25) is 0 Å². The average molecular weight is 273 g/mol. The lowest BCUT2D eigenvalue weighted by Gasteiger charge is -2.07. The van der Waals surface area contributed by atoms with Crippen molar-refractivity contribution >= 4 is 16.0 Å². The van der Waals surface area contributed by atoms with Crippen LogP contribution in [0.1, 0.15) is 25.1 Å². The summed E-state index contributed by atoms with van der Waals surface area (Å²) in [6, 6.07) is 0. The van der Waals surface area contributed by atoms with Crippen molar-refractivity contribution in [1.82, 2.24) is 14.3 Å². The Bertz CT molecular complexity index is 549. The molecule has 7 nitrogen and oxygen atoms in total. The Balaban J connectivity index is 2.00. The molecule has 8 heteroatoms. The fourth-order valence-electron chi connectivity index (χ4n) is 1.96. The third-order valence-corrected chi connectivity index (χ3v) is 4.28. The van der Waals surface area contributed by atoms with E-state index in [4.69, 9.17) is 5.11 Å².